The van der Waals surface area contributed by atoms with Crippen LogP contribution >= 0.6 is 0 Å². The highest BCUT2D eigenvalue weighted by molar-refractivity contribution is 5.47. The van der Waals surface area contributed by atoms with Crippen molar-refractivity contribution in [3.63, 3.8) is 0 Å². The molecule has 16 heavy (non-hydrogen) atoms. The van der Waals surface area contributed by atoms with Crippen molar-refractivity contribution in [2.45, 2.75) is 20.3 Å². The lowest BCUT2D eigenvalue weighted by Crippen LogP contribution is -1.95. The number of allylic oxidation sites excluding steroid dienone is 6. The van der Waals surface area contributed by atoms with Gasteiger partial charge in [0.25, 0.3) is 0 Å². The van der Waals surface area contributed by atoms with E-state index < -0.39 is 0 Å². The molecule has 0 fully saturated rings. The Kier molecular flexibility index (Phi) is 5.06. The van der Waals surface area contributed by atoms with Crippen molar-refractivity contribution >= 4 is 11.8 Å². The van der Waals surface area contributed by atoms with Crippen LogP contribution < -0.4 is 0 Å². The smallest absolute Gasteiger partial charge is 0.0851 e. The van der Waals surface area contributed by atoms with Gasteiger partial charge in [0.05, 0.1) is 5.69 Å². The van der Waals surface area contributed by atoms with Crippen LogP contribution in [-0.2, 0) is 0 Å². The molecular formula is C14H18N2. The average molecular weight is 214 g/mol. The molecule has 1 heterocycles. The second kappa shape index (κ2) is 6.62. The van der Waals surface area contributed by atoms with E-state index in [0.29, 0.717) is 0 Å². The first-order valence-electron chi connectivity index (χ1n) is 5.42. The average Bonchev–Trinajstić information content (AvgIpc) is 2.73. The van der Waals surface area contributed by atoms with Crippen molar-refractivity contribution in [3.8, 4) is 0 Å². The van der Waals surface area contributed by atoms with Crippen LogP contribution in [0, 0.1) is 0 Å². The van der Waals surface area contributed by atoms with Gasteiger partial charge in [-0.2, -0.15) is 5.10 Å². The zero-order chi connectivity index (χ0) is 11.8. The van der Waals surface area contributed by atoms with Crippen LogP contribution in [0.5, 0.6) is 0 Å². The molecule has 0 unspecified atom stereocenters. The van der Waals surface area contributed by atoms with Crippen molar-refractivity contribution < 1.29 is 0 Å². The van der Waals surface area contributed by atoms with Crippen molar-refractivity contribution in [2.24, 2.45) is 0 Å². The van der Waals surface area contributed by atoms with E-state index in [4.69, 9.17) is 0 Å². The van der Waals surface area contributed by atoms with Gasteiger partial charge in [0.2, 0.25) is 0 Å². The molecule has 1 aromatic heterocycles. The van der Waals surface area contributed by atoms with E-state index >= 15 is 0 Å². The van der Waals surface area contributed by atoms with Crippen LogP contribution in [0.3, 0.4) is 0 Å². The molecule has 0 atom stereocenters. The molecule has 1 aromatic rings. The summed E-state index contributed by atoms with van der Waals surface area (Å²) >= 11 is 0. The summed E-state index contributed by atoms with van der Waals surface area (Å²) in [7, 11) is 0. The minimum atomic E-state index is 0.807. The summed E-state index contributed by atoms with van der Waals surface area (Å²) in [6.45, 7) is 7.97. The highest BCUT2D eigenvalue weighted by atomic mass is 15.3. The van der Waals surface area contributed by atoms with E-state index in [0.717, 1.165) is 17.8 Å². The van der Waals surface area contributed by atoms with E-state index in [1.807, 2.05) is 61.2 Å². The lowest BCUT2D eigenvalue weighted by atomic mass is 10.3. The minimum Gasteiger partial charge on any atom is -0.245 e. The zero-order valence-electron chi connectivity index (χ0n) is 9.93. The topological polar surface area (TPSA) is 17.8 Å². The quantitative estimate of drug-likeness (QED) is 0.679. The molecule has 0 saturated heterocycles. The molecule has 0 bridgehead atoms. The number of hydrogen-bond donors (Lipinski definition) is 0. The largest absolute Gasteiger partial charge is 0.245 e. The Morgan fingerprint density at radius 1 is 1.38 bits per heavy atom. The number of hydrogen-bond acceptors (Lipinski definition) is 1. The molecule has 84 valence electrons. The Labute approximate surface area is 97.3 Å². The highest BCUT2D eigenvalue weighted by Gasteiger charge is 1.97. The van der Waals surface area contributed by atoms with E-state index in [2.05, 4.69) is 17.8 Å². The first-order chi connectivity index (χ1) is 7.77. The lowest BCUT2D eigenvalue weighted by Gasteiger charge is -2.01. The van der Waals surface area contributed by atoms with Gasteiger partial charge in [-0.3, -0.25) is 0 Å². The van der Waals surface area contributed by atoms with Gasteiger partial charge in [-0.15, -0.1) is 0 Å². The lowest BCUT2D eigenvalue weighted by molar-refractivity contribution is 0.877. The van der Waals surface area contributed by atoms with Gasteiger partial charge in [0.1, 0.15) is 0 Å². The fraction of sp³-hybridized carbons (Fsp3) is 0.214. The molecule has 0 radical (unpaired) electrons. The van der Waals surface area contributed by atoms with Gasteiger partial charge in [-0.1, -0.05) is 37.0 Å². The minimum absolute atomic E-state index is 0.807. The number of nitrogens with zero attached hydrogens (tertiary/aromatic N) is 2. The van der Waals surface area contributed by atoms with Crippen LogP contribution in [0.2, 0.25) is 0 Å². The molecule has 0 saturated carbocycles. The Hall–Kier alpha value is -1.83. The third-order valence-electron chi connectivity index (χ3n) is 2.06. The summed E-state index contributed by atoms with van der Waals surface area (Å²) in [5.74, 6) is 0. The third-order valence-corrected chi connectivity index (χ3v) is 2.06. The molecule has 0 N–H and O–H groups in total. The molecule has 2 nitrogen and oxygen atoms in total. The standard InChI is InChI=1S/C14H18N2/c1-4-6-7-8-10-13(3)16-12-11-14(15-16)9-5-2/h4-9,11-12H,3,10H2,1-2H3/b6-4-,8-7?,9-5-. The number of aromatic nitrogens is 2. The molecule has 0 aliphatic heterocycles. The van der Waals surface area contributed by atoms with E-state index in [1.54, 1.807) is 0 Å². The van der Waals surface area contributed by atoms with Crippen molar-refractivity contribution in [1.29, 1.82) is 0 Å². The van der Waals surface area contributed by atoms with Gasteiger partial charge >= 0.3 is 0 Å². The Morgan fingerprint density at radius 2 is 2.19 bits per heavy atom. The maximum atomic E-state index is 4.38. The first-order valence-corrected chi connectivity index (χ1v) is 5.42. The molecule has 2 heteroatoms. The summed E-state index contributed by atoms with van der Waals surface area (Å²) in [5, 5.41) is 4.38. The fourth-order valence-electron chi connectivity index (χ4n) is 1.26. The summed E-state index contributed by atoms with van der Waals surface area (Å²) in [4.78, 5) is 0. The third kappa shape index (κ3) is 3.73. The Morgan fingerprint density at radius 3 is 2.88 bits per heavy atom. The fourth-order valence-corrected chi connectivity index (χ4v) is 1.26. The van der Waals surface area contributed by atoms with Crippen LogP contribution in [0.1, 0.15) is 26.0 Å². The highest BCUT2D eigenvalue weighted by Crippen LogP contribution is 2.08. The van der Waals surface area contributed by atoms with Gasteiger partial charge < -0.3 is 0 Å². The molecule has 0 aromatic carbocycles. The maximum Gasteiger partial charge on any atom is 0.0851 e. The second-order valence-electron chi connectivity index (χ2n) is 3.41. The van der Waals surface area contributed by atoms with Crippen molar-refractivity contribution in [2.75, 3.05) is 0 Å². The predicted molar refractivity (Wildman–Crippen MR) is 70.8 cm³/mol. The molecule has 0 amide bonds. The predicted octanol–water partition coefficient (Wildman–Crippen LogP) is 3.91. The van der Waals surface area contributed by atoms with Crippen LogP contribution in [0.4, 0.5) is 0 Å². The summed E-state index contributed by atoms with van der Waals surface area (Å²) in [5.41, 5.74) is 1.93. The van der Waals surface area contributed by atoms with Crippen molar-refractivity contribution in [1.82, 2.24) is 9.78 Å². The summed E-state index contributed by atoms with van der Waals surface area (Å²) < 4.78 is 1.81. The first kappa shape index (κ1) is 12.2. The summed E-state index contributed by atoms with van der Waals surface area (Å²) in [6, 6.07) is 1.97. The van der Waals surface area contributed by atoms with Crippen LogP contribution in [0.15, 0.2) is 49.2 Å². The summed E-state index contributed by atoms with van der Waals surface area (Å²) in [6.07, 6.45) is 14.8. The van der Waals surface area contributed by atoms with E-state index in [-0.39, 0.29) is 0 Å². The van der Waals surface area contributed by atoms with Crippen LogP contribution in [0.25, 0.3) is 11.8 Å². The van der Waals surface area contributed by atoms with Gasteiger partial charge in [-0.25, -0.2) is 4.68 Å². The maximum absolute atomic E-state index is 4.38. The Bertz CT molecular complexity index is 420. The van der Waals surface area contributed by atoms with Crippen LogP contribution in [-0.4, -0.2) is 9.78 Å². The Balaban J connectivity index is 2.59. The molecule has 0 aliphatic rings. The second-order valence-corrected chi connectivity index (χ2v) is 3.41. The normalized spacial score (nSPS) is 12.1. The monoisotopic (exact) mass is 214 g/mol. The van der Waals surface area contributed by atoms with Gasteiger partial charge in [0, 0.05) is 18.3 Å². The number of rotatable bonds is 5. The van der Waals surface area contributed by atoms with E-state index in [9.17, 15) is 0 Å². The van der Waals surface area contributed by atoms with Gasteiger partial charge in [-0.05, 0) is 26.0 Å². The van der Waals surface area contributed by atoms with Gasteiger partial charge in [0.15, 0.2) is 0 Å². The SMILES string of the molecule is C=C(CC=C/C=C\C)n1ccc(/C=C\C)n1. The van der Waals surface area contributed by atoms with E-state index in [1.165, 1.54) is 0 Å². The van der Waals surface area contributed by atoms with Crippen molar-refractivity contribution in [3.05, 3.63) is 54.9 Å². The molecular weight excluding hydrogens is 196 g/mol. The zero-order valence-corrected chi connectivity index (χ0v) is 9.93. The molecule has 0 aliphatic carbocycles. The molecule has 1 rings (SSSR count). The molecule has 0 spiro atoms.